The summed E-state index contributed by atoms with van der Waals surface area (Å²) in [4.78, 5) is 21.8. The van der Waals surface area contributed by atoms with Crippen molar-refractivity contribution in [3.63, 3.8) is 0 Å². The summed E-state index contributed by atoms with van der Waals surface area (Å²) in [7, 11) is 1.60. The third-order valence-corrected chi connectivity index (χ3v) is 2.90. The molecule has 0 heterocycles. The highest BCUT2D eigenvalue weighted by Gasteiger charge is 2.05. The van der Waals surface area contributed by atoms with Gasteiger partial charge >= 0.3 is 5.97 Å². The van der Waals surface area contributed by atoms with E-state index in [2.05, 4.69) is 5.32 Å². The predicted molar refractivity (Wildman–Crippen MR) is 70.7 cm³/mol. The number of anilines is 1. The Kier molecular flexibility index (Phi) is 6.24. The highest BCUT2D eigenvalue weighted by atomic mass is 32.2. The maximum absolute atomic E-state index is 11.5. The van der Waals surface area contributed by atoms with Gasteiger partial charge in [0.05, 0.1) is 18.1 Å². The van der Waals surface area contributed by atoms with Crippen LogP contribution in [-0.4, -0.2) is 35.6 Å². The van der Waals surface area contributed by atoms with Crippen molar-refractivity contribution in [2.45, 2.75) is 6.61 Å². The molecule has 1 rings (SSSR count). The third-order valence-electron chi connectivity index (χ3n) is 1.98. The fraction of sp³-hybridized carbons (Fsp3) is 0.333. The lowest BCUT2D eigenvalue weighted by molar-refractivity contribution is -0.133. The van der Waals surface area contributed by atoms with Crippen LogP contribution in [0.25, 0.3) is 0 Å². The van der Waals surface area contributed by atoms with Crippen LogP contribution < -0.4 is 5.32 Å². The number of rotatable bonds is 7. The van der Waals surface area contributed by atoms with Crippen molar-refractivity contribution in [1.82, 2.24) is 0 Å². The molecular weight excluding hydrogens is 254 g/mol. The Morgan fingerprint density at radius 3 is 2.83 bits per heavy atom. The number of aliphatic carboxylic acids is 1. The number of hydrogen-bond donors (Lipinski definition) is 2. The molecule has 0 atom stereocenters. The number of methoxy groups -OCH3 is 1. The Bertz CT molecular complexity index is 422. The first-order valence-electron chi connectivity index (χ1n) is 5.29. The third kappa shape index (κ3) is 5.70. The normalized spacial score (nSPS) is 10.1. The SMILES string of the molecule is COCc1cccc(NC(=O)CSCC(=O)O)c1. The highest BCUT2D eigenvalue weighted by Crippen LogP contribution is 2.12. The molecule has 0 aliphatic carbocycles. The quantitative estimate of drug-likeness (QED) is 0.786. The van der Waals surface area contributed by atoms with Gasteiger partial charge in [-0.25, -0.2) is 0 Å². The average Bonchev–Trinajstić information content (AvgIpc) is 2.29. The fourth-order valence-electron chi connectivity index (χ4n) is 1.33. The molecule has 6 heteroatoms. The Labute approximate surface area is 110 Å². The summed E-state index contributed by atoms with van der Waals surface area (Å²) in [5.41, 5.74) is 1.65. The lowest BCUT2D eigenvalue weighted by Gasteiger charge is -2.06. The lowest BCUT2D eigenvalue weighted by Crippen LogP contribution is -2.15. The second-order valence-electron chi connectivity index (χ2n) is 3.57. The molecule has 5 nitrogen and oxygen atoms in total. The topological polar surface area (TPSA) is 75.6 Å². The van der Waals surface area contributed by atoms with E-state index in [0.29, 0.717) is 12.3 Å². The van der Waals surface area contributed by atoms with E-state index in [1.54, 1.807) is 13.2 Å². The van der Waals surface area contributed by atoms with E-state index < -0.39 is 5.97 Å². The molecule has 1 aromatic rings. The number of carbonyl (C=O) groups excluding carboxylic acids is 1. The first kappa shape index (κ1) is 14.5. The van der Waals surface area contributed by atoms with Gasteiger partial charge in [0.2, 0.25) is 5.91 Å². The fourth-order valence-corrected chi connectivity index (χ4v) is 1.87. The van der Waals surface area contributed by atoms with Gasteiger partial charge in [-0.1, -0.05) is 12.1 Å². The molecule has 0 aliphatic rings. The number of ether oxygens (including phenoxy) is 1. The van der Waals surface area contributed by atoms with Crippen LogP contribution in [0.4, 0.5) is 5.69 Å². The summed E-state index contributed by atoms with van der Waals surface area (Å²) >= 11 is 1.07. The number of carboxylic acids is 1. The van der Waals surface area contributed by atoms with E-state index in [0.717, 1.165) is 17.3 Å². The molecule has 1 amide bonds. The minimum Gasteiger partial charge on any atom is -0.481 e. The van der Waals surface area contributed by atoms with Crippen LogP contribution in [0.3, 0.4) is 0 Å². The Morgan fingerprint density at radius 2 is 2.17 bits per heavy atom. The van der Waals surface area contributed by atoms with Crippen LogP contribution in [0.1, 0.15) is 5.56 Å². The number of carbonyl (C=O) groups is 2. The molecule has 2 N–H and O–H groups in total. The molecule has 0 aromatic heterocycles. The molecule has 0 aliphatic heterocycles. The van der Waals surface area contributed by atoms with Crippen LogP contribution >= 0.6 is 11.8 Å². The molecule has 0 saturated carbocycles. The minimum atomic E-state index is -0.921. The van der Waals surface area contributed by atoms with E-state index in [1.165, 1.54) is 0 Å². The lowest BCUT2D eigenvalue weighted by atomic mass is 10.2. The molecule has 0 bridgehead atoms. The summed E-state index contributed by atoms with van der Waals surface area (Å²) in [6.07, 6.45) is 0. The molecular formula is C12H15NO4S. The second kappa shape index (κ2) is 7.73. The number of hydrogen-bond acceptors (Lipinski definition) is 4. The van der Waals surface area contributed by atoms with E-state index in [4.69, 9.17) is 9.84 Å². The predicted octanol–water partition coefficient (Wildman–Crippen LogP) is 1.59. The molecule has 0 radical (unpaired) electrons. The molecule has 0 unspecified atom stereocenters. The van der Waals surface area contributed by atoms with Gasteiger partial charge in [0.15, 0.2) is 0 Å². The minimum absolute atomic E-state index is 0.0723. The zero-order chi connectivity index (χ0) is 13.4. The molecule has 98 valence electrons. The van der Waals surface area contributed by atoms with Gasteiger partial charge in [0, 0.05) is 12.8 Å². The van der Waals surface area contributed by atoms with Crippen molar-refractivity contribution in [3.05, 3.63) is 29.8 Å². The smallest absolute Gasteiger partial charge is 0.313 e. The Balaban J connectivity index is 2.43. The van der Waals surface area contributed by atoms with Crippen molar-refractivity contribution in [2.75, 3.05) is 23.9 Å². The number of carboxylic acid groups (broad SMARTS) is 1. The van der Waals surface area contributed by atoms with E-state index in [-0.39, 0.29) is 17.4 Å². The summed E-state index contributed by atoms with van der Waals surface area (Å²) in [5.74, 6) is -1.08. The zero-order valence-corrected chi connectivity index (χ0v) is 10.8. The second-order valence-corrected chi connectivity index (χ2v) is 4.55. The Hall–Kier alpha value is -1.53. The van der Waals surface area contributed by atoms with Crippen LogP contribution in [0, 0.1) is 0 Å². The van der Waals surface area contributed by atoms with Gasteiger partial charge in [-0.3, -0.25) is 9.59 Å². The number of thioether (sulfide) groups is 1. The first-order valence-corrected chi connectivity index (χ1v) is 6.44. The van der Waals surface area contributed by atoms with Gasteiger partial charge in [-0.15, -0.1) is 11.8 Å². The van der Waals surface area contributed by atoms with Crippen molar-refractivity contribution in [3.8, 4) is 0 Å². The van der Waals surface area contributed by atoms with Crippen LogP contribution in [0.15, 0.2) is 24.3 Å². The summed E-state index contributed by atoms with van der Waals surface area (Å²) < 4.78 is 5.00. The summed E-state index contributed by atoms with van der Waals surface area (Å²) in [6.45, 7) is 0.484. The number of amides is 1. The van der Waals surface area contributed by atoms with E-state index in [9.17, 15) is 9.59 Å². The largest absolute Gasteiger partial charge is 0.481 e. The van der Waals surface area contributed by atoms with Crippen molar-refractivity contribution in [1.29, 1.82) is 0 Å². The molecule has 0 fully saturated rings. The maximum atomic E-state index is 11.5. The van der Waals surface area contributed by atoms with Crippen molar-refractivity contribution in [2.24, 2.45) is 0 Å². The molecule has 0 spiro atoms. The van der Waals surface area contributed by atoms with Gasteiger partial charge in [-0.05, 0) is 17.7 Å². The van der Waals surface area contributed by atoms with Crippen LogP contribution in [-0.2, 0) is 20.9 Å². The van der Waals surface area contributed by atoms with Gasteiger partial charge in [0.1, 0.15) is 0 Å². The molecule has 0 saturated heterocycles. The number of benzene rings is 1. The van der Waals surface area contributed by atoms with Crippen molar-refractivity contribution >= 4 is 29.3 Å². The Morgan fingerprint density at radius 1 is 1.39 bits per heavy atom. The monoisotopic (exact) mass is 269 g/mol. The average molecular weight is 269 g/mol. The summed E-state index contributed by atoms with van der Waals surface area (Å²) in [5, 5.41) is 11.2. The van der Waals surface area contributed by atoms with Crippen molar-refractivity contribution < 1.29 is 19.4 Å². The molecule has 18 heavy (non-hydrogen) atoms. The standard InChI is InChI=1S/C12H15NO4S/c1-17-6-9-3-2-4-10(5-9)13-11(14)7-18-8-12(15)16/h2-5H,6-8H2,1H3,(H,13,14)(H,15,16). The van der Waals surface area contributed by atoms with E-state index >= 15 is 0 Å². The summed E-state index contributed by atoms with van der Waals surface area (Å²) in [6, 6.07) is 7.33. The van der Waals surface area contributed by atoms with Gasteiger partial charge in [-0.2, -0.15) is 0 Å². The van der Waals surface area contributed by atoms with Gasteiger partial charge in [0.25, 0.3) is 0 Å². The van der Waals surface area contributed by atoms with Gasteiger partial charge < -0.3 is 15.2 Å². The first-order chi connectivity index (χ1) is 8.61. The van der Waals surface area contributed by atoms with E-state index in [1.807, 2.05) is 18.2 Å². The van der Waals surface area contributed by atoms with Crippen LogP contribution in [0.5, 0.6) is 0 Å². The number of nitrogens with one attached hydrogen (secondary N) is 1. The maximum Gasteiger partial charge on any atom is 0.313 e. The van der Waals surface area contributed by atoms with Crippen LogP contribution in [0.2, 0.25) is 0 Å². The highest BCUT2D eigenvalue weighted by molar-refractivity contribution is 8.00. The zero-order valence-electron chi connectivity index (χ0n) is 10.0. The molecule has 1 aromatic carbocycles.